The average molecular weight is 268 g/mol. The molecule has 0 amide bonds. The molecule has 0 saturated heterocycles. The molecule has 0 spiro atoms. The predicted molar refractivity (Wildman–Crippen MR) is 72.8 cm³/mol. The highest BCUT2D eigenvalue weighted by Gasteiger charge is 2.05. The fraction of sp³-hybridized carbons (Fsp3) is 0.333. The topological polar surface area (TPSA) is 37.8 Å². The average Bonchev–Trinajstić information content (AvgIpc) is 2.77. The van der Waals surface area contributed by atoms with Gasteiger partial charge < -0.3 is 5.32 Å². The van der Waals surface area contributed by atoms with Gasteiger partial charge in [0.15, 0.2) is 0 Å². The van der Waals surface area contributed by atoms with E-state index in [1.165, 1.54) is 10.4 Å². The second kappa shape index (κ2) is 5.47. The first-order valence-electron chi connectivity index (χ1n) is 5.49. The summed E-state index contributed by atoms with van der Waals surface area (Å²) in [5, 5.41) is 5.70. The van der Waals surface area contributed by atoms with Crippen LogP contribution in [0.1, 0.15) is 22.9 Å². The molecular weight excluding hydrogens is 254 g/mol. The number of nitrogens with zero attached hydrogens (tertiary/aromatic N) is 2. The molecule has 0 radical (unpaired) electrons. The van der Waals surface area contributed by atoms with Crippen molar-refractivity contribution < 1.29 is 0 Å². The lowest BCUT2D eigenvalue weighted by molar-refractivity contribution is 1.04. The molecule has 0 aliphatic rings. The van der Waals surface area contributed by atoms with Crippen LogP contribution in [0.3, 0.4) is 0 Å². The van der Waals surface area contributed by atoms with Crippen LogP contribution in [0.4, 0.5) is 5.82 Å². The van der Waals surface area contributed by atoms with Gasteiger partial charge in [0, 0.05) is 16.6 Å². The minimum Gasteiger partial charge on any atom is -0.365 e. The van der Waals surface area contributed by atoms with Crippen LogP contribution in [0.25, 0.3) is 0 Å². The SMILES string of the molecule is CCc1ccsc1CNc1nc(Cl)ncc1C. The van der Waals surface area contributed by atoms with Crippen LogP contribution in [0, 0.1) is 6.92 Å². The second-order valence-corrected chi connectivity index (χ2v) is 5.09. The standard InChI is InChI=1S/C12H14ClN3S/c1-3-9-4-5-17-10(9)7-14-11-8(2)6-15-12(13)16-11/h4-6H,3,7H2,1-2H3,(H,14,15,16). The van der Waals surface area contributed by atoms with Gasteiger partial charge in [-0.15, -0.1) is 11.3 Å². The van der Waals surface area contributed by atoms with Gasteiger partial charge in [-0.1, -0.05) is 6.92 Å². The third-order valence-electron chi connectivity index (χ3n) is 2.58. The Kier molecular flexibility index (Phi) is 3.97. The molecule has 0 unspecified atom stereocenters. The van der Waals surface area contributed by atoms with Gasteiger partial charge in [-0.25, -0.2) is 9.97 Å². The molecule has 0 saturated carbocycles. The minimum absolute atomic E-state index is 0.278. The summed E-state index contributed by atoms with van der Waals surface area (Å²) in [6.45, 7) is 4.92. The normalized spacial score (nSPS) is 10.5. The van der Waals surface area contributed by atoms with E-state index in [-0.39, 0.29) is 5.28 Å². The lowest BCUT2D eigenvalue weighted by Crippen LogP contribution is -2.04. The molecule has 2 heterocycles. The Balaban J connectivity index is 2.09. The molecule has 17 heavy (non-hydrogen) atoms. The van der Waals surface area contributed by atoms with E-state index in [0.29, 0.717) is 0 Å². The number of aromatic nitrogens is 2. The van der Waals surface area contributed by atoms with Crippen LogP contribution in [0.15, 0.2) is 17.6 Å². The first-order valence-corrected chi connectivity index (χ1v) is 6.74. The highest BCUT2D eigenvalue weighted by atomic mass is 35.5. The van der Waals surface area contributed by atoms with Crippen LogP contribution < -0.4 is 5.32 Å². The minimum atomic E-state index is 0.278. The van der Waals surface area contributed by atoms with Crippen LogP contribution in [-0.4, -0.2) is 9.97 Å². The maximum Gasteiger partial charge on any atom is 0.224 e. The molecule has 1 N–H and O–H groups in total. The maximum atomic E-state index is 5.78. The van der Waals surface area contributed by atoms with Gasteiger partial charge in [-0.2, -0.15) is 0 Å². The van der Waals surface area contributed by atoms with Gasteiger partial charge in [0.05, 0.1) is 6.54 Å². The fourth-order valence-corrected chi connectivity index (χ4v) is 2.65. The zero-order valence-corrected chi connectivity index (χ0v) is 11.4. The molecule has 2 aromatic heterocycles. The van der Waals surface area contributed by atoms with E-state index < -0.39 is 0 Å². The monoisotopic (exact) mass is 267 g/mol. The van der Waals surface area contributed by atoms with Gasteiger partial charge in [0.2, 0.25) is 5.28 Å². The smallest absolute Gasteiger partial charge is 0.224 e. The molecule has 0 atom stereocenters. The number of thiophene rings is 1. The number of hydrogen-bond donors (Lipinski definition) is 1. The summed E-state index contributed by atoms with van der Waals surface area (Å²) in [6, 6.07) is 2.17. The van der Waals surface area contributed by atoms with Gasteiger partial charge in [0.1, 0.15) is 5.82 Å². The van der Waals surface area contributed by atoms with Crippen LogP contribution in [0.2, 0.25) is 5.28 Å². The van der Waals surface area contributed by atoms with E-state index in [4.69, 9.17) is 11.6 Å². The number of nitrogens with one attached hydrogen (secondary N) is 1. The Hall–Kier alpha value is -1.13. The van der Waals surface area contributed by atoms with Crippen molar-refractivity contribution in [1.29, 1.82) is 0 Å². The zero-order valence-electron chi connectivity index (χ0n) is 9.83. The molecule has 0 aliphatic carbocycles. The maximum absolute atomic E-state index is 5.78. The van der Waals surface area contributed by atoms with Crippen LogP contribution in [-0.2, 0) is 13.0 Å². The third kappa shape index (κ3) is 2.96. The quantitative estimate of drug-likeness (QED) is 0.859. The molecule has 90 valence electrons. The fourth-order valence-electron chi connectivity index (χ4n) is 1.60. The van der Waals surface area contributed by atoms with E-state index in [1.807, 2.05) is 6.92 Å². The molecule has 2 aromatic rings. The molecule has 0 bridgehead atoms. The molecule has 0 aliphatic heterocycles. The van der Waals surface area contributed by atoms with Crippen molar-refractivity contribution in [3.63, 3.8) is 0 Å². The lowest BCUT2D eigenvalue weighted by Gasteiger charge is -2.08. The van der Waals surface area contributed by atoms with Gasteiger partial charge in [-0.3, -0.25) is 0 Å². The van der Waals surface area contributed by atoms with Crippen LogP contribution in [0.5, 0.6) is 0 Å². The molecule has 2 rings (SSSR count). The Bertz CT molecular complexity index is 510. The van der Waals surface area contributed by atoms with Crippen molar-refractivity contribution in [2.75, 3.05) is 5.32 Å². The van der Waals surface area contributed by atoms with Gasteiger partial charge >= 0.3 is 0 Å². The number of halogens is 1. The third-order valence-corrected chi connectivity index (χ3v) is 3.72. The predicted octanol–water partition coefficient (Wildman–Crippen LogP) is 3.67. The highest BCUT2D eigenvalue weighted by molar-refractivity contribution is 7.10. The lowest BCUT2D eigenvalue weighted by atomic mass is 10.2. The summed E-state index contributed by atoms with van der Waals surface area (Å²) in [7, 11) is 0. The van der Waals surface area contributed by atoms with Crippen molar-refractivity contribution in [3.05, 3.63) is 38.9 Å². The summed E-state index contributed by atoms with van der Waals surface area (Å²) in [5.74, 6) is 0.806. The van der Waals surface area contributed by atoms with Gasteiger partial charge in [-0.05, 0) is 42.0 Å². The number of anilines is 1. The molecule has 5 heteroatoms. The zero-order chi connectivity index (χ0) is 12.3. The van der Waals surface area contributed by atoms with E-state index in [9.17, 15) is 0 Å². The first kappa shape index (κ1) is 12.3. The van der Waals surface area contributed by atoms with Crippen molar-refractivity contribution in [2.45, 2.75) is 26.8 Å². The Morgan fingerprint density at radius 1 is 1.47 bits per heavy atom. The van der Waals surface area contributed by atoms with Crippen molar-refractivity contribution in [1.82, 2.24) is 9.97 Å². The van der Waals surface area contributed by atoms with Gasteiger partial charge in [0.25, 0.3) is 0 Å². The van der Waals surface area contributed by atoms with Crippen molar-refractivity contribution in [3.8, 4) is 0 Å². The number of rotatable bonds is 4. The Morgan fingerprint density at radius 3 is 3.06 bits per heavy atom. The number of hydrogen-bond acceptors (Lipinski definition) is 4. The van der Waals surface area contributed by atoms with E-state index >= 15 is 0 Å². The summed E-state index contributed by atoms with van der Waals surface area (Å²) >= 11 is 7.54. The van der Waals surface area contributed by atoms with E-state index in [0.717, 1.165) is 24.3 Å². The molecular formula is C12H14ClN3S. The Morgan fingerprint density at radius 2 is 2.29 bits per heavy atom. The largest absolute Gasteiger partial charge is 0.365 e. The number of aryl methyl sites for hydroxylation is 2. The van der Waals surface area contributed by atoms with E-state index in [1.54, 1.807) is 17.5 Å². The molecule has 0 aromatic carbocycles. The van der Waals surface area contributed by atoms with Crippen molar-refractivity contribution >= 4 is 28.8 Å². The summed E-state index contributed by atoms with van der Waals surface area (Å²) in [4.78, 5) is 9.46. The second-order valence-electron chi connectivity index (χ2n) is 3.75. The van der Waals surface area contributed by atoms with Crippen LogP contribution >= 0.6 is 22.9 Å². The summed E-state index contributed by atoms with van der Waals surface area (Å²) < 4.78 is 0. The van der Waals surface area contributed by atoms with Crippen molar-refractivity contribution in [2.24, 2.45) is 0 Å². The molecule has 3 nitrogen and oxygen atoms in total. The molecule has 0 fully saturated rings. The summed E-state index contributed by atoms with van der Waals surface area (Å²) in [5.41, 5.74) is 2.39. The van der Waals surface area contributed by atoms with E-state index in [2.05, 4.69) is 33.7 Å². The first-order chi connectivity index (χ1) is 8.20. The Labute approximate surface area is 110 Å². The summed E-state index contributed by atoms with van der Waals surface area (Å²) in [6.07, 6.45) is 2.79. The highest BCUT2D eigenvalue weighted by Crippen LogP contribution is 2.20.